The first-order valence-electron chi connectivity index (χ1n) is 7.73. The van der Waals surface area contributed by atoms with E-state index in [2.05, 4.69) is 49.5 Å². The quantitative estimate of drug-likeness (QED) is 0.751. The molecule has 1 N–H and O–H groups in total. The van der Waals surface area contributed by atoms with E-state index in [1.807, 2.05) is 12.1 Å². The van der Waals surface area contributed by atoms with Crippen molar-refractivity contribution in [3.63, 3.8) is 0 Å². The van der Waals surface area contributed by atoms with E-state index >= 15 is 0 Å². The Balaban J connectivity index is 1.65. The van der Waals surface area contributed by atoms with E-state index < -0.39 is 0 Å². The fourth-order valence-corrected chi connectivity index (χ4v) is 2.37. The predicted octanol–water partition coefficient (Wildman–Crippen LogP) is 3.87. The molecule has 118 valence electrons. The molecule has 0 saturated carbocycles. The Hall–Kier alpha value is -2.00. The lowest BCUT2D eigenvalue weighted by Crippen LogP contribution is -2.17. The van der Waals surface area contributed by atoms with E-state index in [-0.39, 0.29) is 0 Å². The van der Waals surface area contributed by atoms with Crippen LogP contribution in [0, 0.1) is 13.8 Å². The molecule has 0 saturated heterocycles. The van der Waals surface area contributed by atoms with Gasteiger partial charge in [0.05, 0.1) is 13.7 Å². The summed E-state index contributed by atoms with van der Waals surface area (Å²) >= 11 is 0. The van der Waals surface area contributed by atoms with E-state index in [1.165, 1.54) is 16.7 Å². The third-order valence-electron chi connectivity index (χ3n) is 3.64. The molecule has 22 heavy (non-hydrogen) atoms. The summed E-state index contributed by atoms with van der Waals surface area (Å²) in [6.45, 7) is 6.72. The van der Waals surface area contributed by atoms with Gasteiger partial charge in [-0.1, -0.05) is 30.3 Å². The van der Waals surface area contributed by atoms with Gasteiger partial charge in [-0.25, -0.2) is 0 Å². The minimum atomic E-state index is 0.737. The maximum Gasteiger partial charge on any atom is 0.125 e. The van der Waals surface area contributed by atoms with Crippen molar-refractivity contribution in [2.45, 2.75) is 26.8 Å². The van der Waals surface area contributed by atoms with Gasteiger partial charge < -0.3 is 14.8 Å². The molecule has 0 amide bonds. The molecule has 0 heterocycles. The number of hydrogen-bond donors (Lipinski definition) is 1. The lowest BCUT2D eigenvalue weighted by Gasteiger charge is -2.12. The fraction of sp³-hybridized carbons (Fsp3) is 0.368. The van der Waals surface area contributed by atoms with E-state index in [9.17, 15) is 0 Å². The highest BCUT2D eigenvalue weighted by molar-refractivity contribution is 5.39. The Bertz CT molecular complexity index is 558. The average Bonchev–Trinajstić information content (AvgIpc) is 2.53. The highest BCUT2D eigenvalue weighted by atomic mass is 16.5. The Morgan fingerprint density at radius 1 is 0.955 bits per heavy atom. The maximum atomic E-state index is 5.89. The molecule has 2 aromatic rings. The lowest BCUT2D eigenvalue weighted by molar-refractivity contribution is 0.304. The normalized spacial score (nSPS) is 10.5. The van der Waals surface area contributed by atoms with Crippen LogP contribution in [0.3, 0.4) is 0 Å². The zero-order valence-electron chi connectivity index (χ0n) is 13.7. The van der Waals surface area contributed by atoms with Crippen molar-refractivity contribution < 1.29 is 9.47 Å². The van der Waals surface area contributed by atoms with Crippen LogP contribution in [0.2, 0.25) is 0 Å². The van der Waals surface area contributed by atoms with Crippen LogP contribution in [0.15, 0.2) is 42.5 Å². The van der Waals surface area contributed by atoms with Gasteiger partial charge in [-0.3, -0.25) is 0 Å². The molecule has 0 bridgehead atoms. The van der Waals surface area contributed by atoms with E-state index in [4.69, 9.17) is 9.47 Å². The van der Waals surface area contributed by atoms with Gasteiger partial charge in [0.15, 0.2) is 0 Å². The molecule has 0 aliphatic heterocycles. The summed E-state index contributed by atoms with van der Waals surface area (Å²) < 4.78 is 11.0. The smallest absolute Gasteiger partial charge is 0.125 e. The van der Waals surface area contributed by atoms with E-state index in [1.54, 1.807) is 7.11 Å². The largest absolute Gasteiger partial charge is 0.497 e. The van der Waals surface area contributed by atoms with Crippen LogP contribution < -0.4 is 14.8 Å². The SMILES string of the molecule is COc1ccc(CNCCCOc2c(C)cccc2C)cc1. The van der Waals surface area contributed by atoms with Gasteiger partial charge in [-0.2, -0.15) is 0 Å². The van der Waals surface area contributed by atoms with Crippen LogP contribution in [0.5, 0.6) is 11.5 Å². The van der Waals surface area contributed by atoms with Crippen molar-refractivity contribution in [2.24, 2.45) is 0 Å². The molecule has 0 fully saturated rings. The van der Waals surface area contributed by atoms with Crippen molar-refractivity contribution in [1.82, 2.24) is 5.32 Å². The van der Waals surface area contributed by atoms with Gasteiger partial charge in [0.2, 0.25) is 0 Å². The zero-order valence-corrected chi connectivity index (χ0v) is 13.7. The Morgan fingerprint density at radius 3 is 2.27 bits per heavy atom. The number of aryl methyl sites for hydroxylation is 2. The number of rotatable bonds is 8. The van der Waals surface area contributed by atoms with Gasteiger partial charge in [-0.15, -0.1) is 0 Å². The van der Waals surface area contributed by atoms with Crippen LogP contribution in [-0.4, -0.2) is 20.3 Å². The highest BCUT2D eigenvalue weighted by Crippen LogP contribution is 2.22. The maximum absolute atomic E-state index is 5.89. The van der Waals surface area contributed by atoms with Gasteiger partial charge in [-0.05, 0) is 55.6 Å². The first-order chi connectivity index (χ1) is 10.7. The summed E-state index contributed by atoms with van der Waals surface area (Å²) in [6.07, 6.45) is 0.990. The fourth-order valence-electron chi connectivity index (χ4n) is 2.37. The van der Waals surface area contributed by atoms with Crippen LogP contribution in [0.4, 0.5) is 0 Å². The van der Waals surface area contributed by atoms with Crippen LogP contribution >= 0.6 is 0 Å². The molecule has 0 aromatic heterocycles. The standard InChI is InChI=1S/C19H25NO2/c1-15-6-4-7-16(2)19(15)22-13-5-12-20-14-17-8-10-18(21-3)11-9-17/h4,6-11,20H,5,12-14H2,1-3H3. The van der Waals surface area contributed by atoms with Crippen molar-refractivity contribution in [3.8, 4) is 11.5 Å². The van der Waals surface area contributed by atoms with Crippen molar-refractivity contribution in [1.29, 1.82) is 0 Å². The van der Waals surface area contributed by atoms with Crippen molar-refractivity contribution in [2.75, 3.05) is 20.3 Å². The minimum Gasteiger partial charge on any atom is -0.497 e. The van der Waals surface area contributed by atoms with Gasteiger partial charge in [0.25, 0.3) is 0 Å². The molecule has 3 heteroatoms. The third-order valence-corrected chi connectivity index (χ3v) is 3.64. The summed E-state index contributed by atoms with van der Waals surface area (Å²) in [7, 11) is 1.68. The van der Waals surface area contributed by atoms with Gasteiger partial charge >= 0.3 is 0 Å². The number of benzene rings is 2. The molecule has 0 unspecified atom stereocenters. The Kier molecular flexibility index (Phi) is 6.28. The minimum absolute atomic E-state index is 0.737. The number of methoxy groups -OCH3 is 1. The number of hydrogen-bond acceptors (Lipinski definition) is 3. The average molecular weight is 299 g/mol. The molecule has 3 nitrogen and oxygen atoms in total. The Morgan fingerprint density at radius 2 is 1.64 bits per heavy atom. The van der Waals surface area contributed by atoms with Gasteiger partial charge in [0.1, 0.15) is 11.5 Å². The number of ether oxygens (including phenoxy) is 2. The van der Waals surface area contributed by atoms with E-state index in [0.29, 0.717) is 0 Å². The topological polar surface area (TPSA) is 30.5 Å². The monoisotopic (exact) mass is 299 g/mol. The molecule has 0 radical (unpaired) electrons. The molecule has 0 atom stereocenters. The highest BCUT2D eigenvalue weighted by Gasteiger charge is 2.02. The van der Waals surface area contributed by atoms with Crippen molar-refractivity contribution in [3.05, 3.63) is 59.2 Å². The molecule has 2 aromatic carbocycles. The summed E-state index contributed by atoms with van der Waals surface area (Å²) in [5.41, 5.74) is 3.66. The van der Waals surface area contributed by atoms with Crippen LogP contribution in [0.25, 0.3) is 0 Å². The molecular weight excluding hydrogens is 274 g/mol. The second kappa shape index (κ2) is 8.44. The predicted molar refractivity (Wildman–Crippen MR) is 90.7 cm³/mol. The zero-order chi connectivity index (χ0) is 15.8. The summed E-state index contributed by atoms with van der Waals surface area (Å²) in [5, 5.41) is 3.43. The third kappa shape index (κ3) is 4.78. The molecule has 0 spiro atoms. The second-order valence-electron chi connectivity index (χ2n) is 5.45. The van der Waals surface area contributed by atoms with Crippen LogP contribution in [-0.2, 0) is 6.54 Å². The first kappa shape index (κ1) is 16.4. The first-order valence-corrected chi connectivity index (χ1v) is 7.73. The molecule has 0 aliphatic rings. The summed E-state index contributed by atoms with van der Waals surface area (Å²) in [5.74, 6) is 1.92. The molecular formula is C19H25NO2. The lowest BCUT2D eigenvalue weighted by atomic mass is 10.1. The number of para-hydroxylation sites is 1. The summed E-state index contributed by atoms with van der Waals surface area (Å²) in [6, 6.07) is 14.4. The Labute approximate surface area is 133 Å². The van der Waals surface area contributed by atoms with Gasteiger partial charge in [0, 0.05) is 6.54 Å². The van der Waals surface area contributed by atoms with Crippen LogP contribution in [0.1, 0.15) is 23.1 Å². The molecule has 0 aliphatic carbocycles. The summed E-state index contributed by atoms with van der Waals surface area (Å²) in [4.78, 5) is 0. The number of nitrogens with one attached hydrogen (secondary N) is 1. The second-order valence-corrected chi connectivity index (χ2v) is 5.45. The van der Waals surface area contributed by atoms with Crippen molar-refractivity contribution >= 4 is 0 Å². The molecule has 2 rings (SSSR count). The van der Waals surface area contributed by atoms with E-state index in [0.717, 1.165) is 37.6 Å².